The van der Waals surface area contributed by atoms with Crippen molar-refractivity contribution in [2.75, 3.05) is 25.9 Å². The summed E-state index contributed by atoms with van der Waals surface area (Å²) in [6.45, 7) is 2.22. The van der Waals surface area contributed by atoms with Gasteiger partial charge < -0.3 is 10.6 Å². The fraction of sp³-hybridized carbons (Fsp3) is 0.476. The normalized spacial score (nSPS) is 18.9. The van der Waals surface area contributed by atoms with Crippen LogP contribution in [0.1, 0.15) is 35.4 Å². The van der Waals surface area contributed by atoms with Crippen LogP contribution in [0.3, 0.4) is 0 Å². The summed E-state index contributed by atoms with van der Waals surface area (Å²) in [5.74, 6) is 1.44. The monoisotopic (exact) mass is 365 g/mol. The van der Waals surface area contributed by atoms with Gasteiger partial charge in [0.2, 0.25) is 5.91 Å². The Bertz CT molecular complexity index is 837. The summed E-state index contributed by atoms with van der Waals surface area (Å²) in [7, 11) is 2.06. The number of rotatable bonds is 5. The number of aromatic nitrogens is 2. The van der Waals surface area contributed by atoms with Crippen LogP contribution in [0.4, 0.5) is 5.82 Å². The Morgan fingerprint density at radius 2 is 2.15 bits per heavy atom. The molecule has 1 aromatic carbocycles. The van der Waals surface area contributed by atoms with E-state index in [1.54, 1.807) is 12.3 Å². The maximum atomic E-state index is 12.8. The lowest BCUT2D eigenvalue weighted by Crippen LogP contribution is -2.37. The Morgan fingerprint density at radius 1 is 1.30 bits per heavy atom. The van der Waals surface area contributed by atoms with Crippen molar-refractivity contribution in [1.29, 1.82) is 0 Å². The molecule has 1 fully saturated rings. The van der Waals surface area contributed by atoms with Gasteiger partial charge >= 0.3 is 0 Å². The summed E-state index contributed by atoms with van der Waals surface area (Å²) in [6.07, 6.45) is 6.74. The molecule has 4 rings (SSSR count). The smallest absolute Gasteiger partial charge is 0.227 e. The Hall–Kier alpha value is -2.47. The minimum atomic E-state index is 0.226. The molecule has 2 aromatic rings. The Balaban J connectivity index is 1.32. The van der Waals surface area contributed by atoms with Gasteiger partial charge in [-0.2, -0.15) is 0 Å². The first kappa shape index (κ1) is 17.9. The highest BCUT2D eigenvalue weighted by Crippen LogP contribution is 2.24. The first-order chi connectivity index (χ1) is 13.1. The van der Waals surface area contributed by atoms with Gasteiger partial charge in [-0.25, -0.2) is 9.97 Å². The summed E-state index contributed by atoms with van der Waals surface area (Å²) in [6, 6.07) is 8.59. The first-order valence-electron chi connectivity index (χ1n) is 9.74. The highest BCUT2D eigenvalue weighted by atomic mass is 16.2. The number of benzene rings is 1. The van der Waals surface area contributed by atoms with Crippen LogP contribution in [0.25, 0.3) is 0 Å². The summed E-state index contributed by atoms with van der Waals surface area (Å²) in [4.78, 5) is 25.5. The van der Waals surface area contributed by atoms with Crippen molar-refractivity contribution in [2.24, 2.45) is 0 Å². The van der Waals surface area contributed by atoms with E-state index in [1.807, 2.05) is 4.90 Å². The van der Waals surface area contributed by atoms with Crippen LogP contribution in [0.5, 0.6) is 0 Å². The number of anilines is 1. The second-order valence-corrected chi connectivity index (χ2v) is 7.73. The maximum Gasteiger partial charge on any atom is 0.227 e. The molecule has 1 aliphatic heterocycles. The van der Waals surface area contributed by atoms with Crippen LogP contribution >= 0.6 is 0 Å². The fourth-order valence-electron chi connectivity index (χ4n) is 4.19. The average Bonchev–Trinajstić information content (AvgIpc) is 3.31. The number of fused-ring (bicyclic) bond motifs is 1. The molecule has 0 radical (unpaired) electrons. The lowest BCUT2D eigenvalue weighted by Gasteiger charge is -2.24. The number of hydrogen-bond acceptors (Lipinski definition) is 5. The van der Waals surface area contributed by atoms with Gasteiger partial charge in [0.05, 0.1) is 13.0 Å². The van der Waals surface area contributed by atoms with Crippen molar-refractivity contribution in [3.05, 3.63) is 53.0 Å². The highest BCUT2D eigenvalue weighted by molar-refractivity contribution is 5.79. The molecule has 6 nitrogen and oxygen atoms in total. The topological polar surface area (TPSA) is 75.4 Å². The van der Waals surface area contributed by atoms with Crippen molar-refractivity contribution in [3.8, 4) is 0 Å². The second kappa shape index (κ2) is 7.64. The second-order valence-electron chi connectivity index (χ2n) is 7.73. The molecule has 0 saturated carbocycles. The molecule has 1 aliphatic carbocycles. The van der Waals surface area contributed by atoms with E-state index in [-0.39, 0.29) is 5.91 Å². The Kier molecular flexibility index (Phi) is 5.07. The number of nitrogens with zero attached hydrogens (tertiary/aromatic N) is 4. The van der Waals surface area contributed by atoms with E-state index in [1.165, 1.54) is 24.0 Å². The van der Waals surface area contributed by atoms with Crippen molar-refractivity contribution < 1.29 is 4.79 Å². The molecule has 1 amide bonds. The number of likely N-dealkylation sites (N-methyl/N-ethyl adjacent to an activating group) is 1. The van der Waals surface area contributed by atoms with Crippen LogP contribution in [0.15, 0.2) is 30.5 Å². The summed E-state index contributed by atoms with van der Waals surface area (Å²) >= 11 is 0. The minimum absolute atomic E-state index is 0.226. The van der Waals surface area contributed by atoms with E-state index in [0.29, 0.717) is 24.8 Å². The number of carbonyl (C=O) groups is 1. The summed E-state index contributed by atoms with van der Waals surface area (Å²) in [5.41, 5.74) is 9.77. The zero-order valence-corrected chi connectivity index (χ0v) is 15.9. The molecule has 2 aliphatic rings. The van der Waals surface area contributed by atoms with Gasteiger partial charge in [-0.1, -0.05) is 18.2 Å². The number of aryl methyl sites for hydroxylation is 2. The molecule has 1 saturated heterocycles. The standard InChI is InChI=1S/C21H27N5O/c1-25(14-20-23-9-7-19(22)24-20)18-8-10-26(13-18)21(27)12-15-5-6-16-3-2-4-17(16)11-15/h5-7,9,11,18H,2-4,8,10,12-14H2,1H3,(H2,22,23,24). The highest BCUT2D eigenvalue weighted by Gasteiger charge is 2.29. The number of amides is 1. The van der Waals surface area contributed by atoms with Gasteiger partial charge in [-0.15, -0.1) is 0 Å². The average molecular weight is 365 g/mol. The number of likely N-dealkylation sites (tertiary alicyclic amines) is 1. The van der Waals surface area contributed by atoms with E-state index in [2.05, 4.69) is 40.1 Å². The van der Waals surface area contributed by atoms with Crippen LogP contribution in [0, 0.1) is 0 Å². The summed E-state index contributed by atoms with van der Waals surface area (Å²) < 4.78 is 0. The van der Waals surface area contributed by atoms with Gasteiger partial charge in [0.15, 0.2) is 0 Å². The Morgan fingerprint density at radius 3 is 3.00 bits per heavy atom. The Labute approximate surface area is 160 Å². The van der Waals surface area contributed by atoms with Crippen molar-refractivity contribution in [2.45, 2.75) is 44.7 Å². The lowest BCUT2D eigenvalue weighted by molar-refractivity contribution is -0.129. The number of hydrogen-bond donors (Lipinski definition) is 1. The largest absolute Gasteiger partial charge is 0.384 e. The van der Waals surface area contributed by atoms with Gasteiger partial charge in [0.1, 0.15) is 11.6 Å². The molecule has 6 heteroatoms. The van der Waals surface area contributed by atoms with Gasteiger partial charge in [-0.05, 0) is 55.5 Å². The third-order valence-electron chi connectivity index (χ3n) is 5.78. The third kappa shape index (κ3) is 4.11. The van der Waals surface area contributed by atoms with E-state index >= 15 is 0 Å². The zero-order chi connectivity index (χ0) is 18.8. The molecule has 0 spiro atoms. The van der Waals surface area contributed by atoms with E-state index < -0.39 is 0 Å². The molecule has 1 unspecified atom stereocenters. The zero-order valence-electron chi connectivity index (χ0n) is 15.9. The van der Waals surface area contributed by atoms with Crippen molar-refractivity contribution in [3.63, 3.8) is 0 Å². The minimum Gasteiger partial charge on any atom is -0.384 e. The predicted octanol–water partition coefficient (Wildman–Crippen LogP) is 1.82. The number of carbonyl (C=O) groups excluding carboxylic acids is 1. The van der Waals surface area contributed by atoms with Gasteiger partial charge in [-0.3, -0.25) is 9.69 Å². The molecular formula is C21H27N5O. The first-order valence-corrected chi connectivity index (χ1v) is 9.74. The molecule has 1 atom stereocenters. The molecule has 0 bridgehead atoms. The van der Waals surface area contributed by atoms with E-state index in [9.17, 15) is 4.79 Å². The van der Waals surface area contributed by atoms with Crippen molar-refractivity contribution in [1.82, 2.24) is 19.8 Å². The van der Waals surface area contributed by atoms with E-state index in [4.69, 9.17) is 5.73 Å². The SMILES string of the molecule is CN(Cc1nccc(N)n1)C1CCN(C(=O)Cc2ccc3c(c2)CCC3)C1. The lowest BCUT2D eigenvalue weighted by atomic mass is 10.0. The maximum absolute atomic E-state index is 12.8. The number of nitrogens with two attached hydrogens (primary N) is 1. The fourth-order valence-corrected chi connectivity index (χ4v) is 4.19. The number of nitrogen functional groups attached to an aromatic ring is 1. The molecule has 1 aromatic heterocycles. The predicted molar refractivity (Wildman–Crippen MR) is 105 cm³/mol. The quantitative estimate of drug-likeness (QED) is 0.875. The molecule has 27 heavy (non-hydrogen) atoms. The molecule has 142 valence electrons. The molecule has 2 heterocycles. The summed E-state index contributed by atoms with van der Waals surface area (Å²) in [5, 5.41) is 0. The third-order valence-corrected chi connectivity index (χ3v) is 5.78. The van der Waals surface area contributed by atoms with Gasteiger partial charge in [0, 0.05) is 25.3 Å². The van der Waals surface area contributed by atoms with Crippen LogP contribution < -0.4 is 5.73 Å². The van der Waals surface area contributed by atoms with Crippen molar-refractivity contribution >= 4 is 11.7 Å². The van der Waals surface area contributed by atoms with Crippen LogP contribution in [-0.2, 0) is 30.6 Å². The molecule has 2 N–H and O–H groups in total. The van der Waals surface area contributed by atoms with Gasteiger partial charge in [0.25, 0.3) is 0 Å². The van der Waals surface area contributed by atoms with E-state index in [0.717, 1.165) is 37.3 Å². The molecular weight excluding hydrogens is 338 g/mol. The van der Waals surface area contributed by atoms with Crippen LogP contribution in [-0.4, -0.2) is 51.9 Å². The van der Waals surface area contributed by atoms with Crippen LogP contribution in [0.2, 0.25) is 0 Å².